The lowest BCUT2D eigenvalue weighted by molar-refractivity contribution is -0.704. The number of ether oxygens (including phenoxy) is 1. The van der Waals surface area contributed by atoms with Crippen LogP contribution in [0.3, 0.4) is 0 Å². The zero-order chi connectivity index (χ0) is 26.4. The third-order valence-electron chi connectivity index (χ3n) is 5.60. The van der Waals surface area contributed by atoms with Gasteiger partial charge in [0.25, 0.3) is 0 Å². The van der Waals surface area contributed by atoms with Crippen LogP contribution in [0.15, 0.2) is 79.4 Å². The van der Waals surface area contributed by atoms with Crippen molar-refractivity contribution in [2.45, 2.75) is 32.2 Å². The van der Waals surface area contributed by atoms with Gasteiger partial charge >= 0.3 is 0 Å². The minimum atomic E-state index is -0.336. The Bertz CT molecular complexity index is 1380. The molecule has 0 aliphatic heterocycles. The van der Waals surface area contributed by atoms with Crippen molar-refractivity contribution in [1.82, 2.24) is 4.57 Å². The average molecular weight is 634 g/mol. The van der Waals surface area contributed by atoms with Gasteiger partial charge in [0.05, 0.1) is 30.3 Å². The number of hydrogen-bond acceptors (Lipinski definition) is 2. The number of hydrogen-bond donors (Lipinski definition) is 1. The molecule has 1 aromatic heterocycles. The molecule has 4 rings (SSSR count). The summed E-state index contributed by atoms with van der Waals surface area (Å²) in [6.45, 7) is 1.38. The molecule has 200 valence electrons. The predicted molar refractivity (Wildman–Crippen MR) is 150 cm³/mol. The second-order valence-electron chi connectivity index (χ2n) is 8.36. The van der Waals surface area contributed by atoms with Gasteiger partial charge in [0.1, 0.15) is 25.0 Å². The summed E-state index contributed by atoms with van der Waals surface area (Å²) >= 11 is 30.7. The molecule has 1 atom stereocenters. The van der Waals surface area contributed by atoms with Crippen LogP contribution >= 0.6 is 58.0 Å². The maximum Gasteiger partial charge on any atom is 0.243 e. The third-order valence-corrected chi connectivity index (χ3v) is 6.96. The van der Waals surface area contributed by atoms with E-state index in [2.05, 4.69) is 5.32 Å². The number of anilines is 1. The van der Waals surface area contributed by atoms with Gasteiger partial charge in [0.2, 0.25) is 12.2 Å². The van der Waals surface area contributed by atoms with Crippen LogP contribution in [-0.4, -0.2) is 10.5 Å². The highest BCUT2D eigenvalue weighted by molar-refractivity contribution is 6.36. The summed E-state index contributed by atoms with van der Waals surface area (Å²) in [4.78, 5) is 12.4. The number of benzene rings is 3. The number of carbonyl (C=O) groups excluding carboxylic acids is 1. The quantitative estimate of drug-likeness (QED) is 0.249. The van der Waals surface area contributed by atoms with Gasteiger partial charge in [-0.25, -0.2) is 9.13 Å². The summed E-state index contributed by atoms with van der Waals surface area (Å²) in [5, 5.41) is 5.47. The molecule has 5 nitrogen and oxygen atoms in total. The molecule has 3 aromatic carbocycles. The number of aryl methyl sites for hydroxylation is 1. The number of amides is 1. The van der Waals surface area contributed by atoms with Gasteiger partial charge in [-0.05, 0) is 48.0 Å². The summed E-state index contributed by atoms with van der Waals surface area (Å²) < 4.78 is 10.2. The fourth-order valence-corrected chi connectivity index (χ4v) is 4.80. The second-order valence-corrected chi connectivity index (χ2v) is 10.5. The van der Waals surface area contributed by atoms with Gasteiger partial charge in [-0.1, -0.05) is 76.2 Å². The van der Waals surface area contributed by atoms with E-state index in [4.69, 9.17) is 62.7 Å². The van der Waals surface area contributed by atoms with Crippen molar-refractivity contribution < 1.29 is 26.5 Å². The molecule has 0 bridgehead atoms. The highest BCUT2D eigenvalue weighted by Crippen LogP contribution is 2.30. The van der Waals surface area contributed by atoms with Gasteiger partial charge in [0.15, 0.2) is 0 Å². The highest BCUT2D eigenvalue weighted by atomic mass is 35.5. The van der Waals surface area contributed by atoms with Crippen LogP contribution in [0.5, 0.6) is 0 Å². The molecule has 0 aliphatic rings. The van der Waals surface area contributed by atoms with Crippen molar-refractivity contribution in [2.75, 3.05) is 5.32 Å². The Morgan fingerprint density at radius 1 is 0.895 bits per heavy atom. The minimum absolute atomic E-state index is 0. The van der Waals surface area contributed by atoms with E-state index >= 15 is 0 Å². The lowest BCUT2D eigenvalue weighted by atomic mass is 10.1. The van der Waals surface area contributed by atoms with Crippen molar-refractivity contribution in [3.05, 3.63) is 116 Å². The topological polar surface area (TPSA) is 47.1 Å². The van der Waals surface area contributed by atoms with E-state index in [0.717, 1.165) is 11.1 Å². The Hall–Kier alpha value is -1.96. The molecule has 0 spiro atoms. The smallest absolute Gasteiger partial charge is 0.243 e. The SMILES string of the molecule is O=C(CCn1cc[n+](CC(OCc2ccc(Cl)cc2)c2ccc(Cl)cc2Cl)c1)Nc1ccc(Cl)cc1Cl.[Cl-]. The summed E-state index contributed by atoms with van der Waals surface area (Å²) in [6, 6.07) is 17.8. The minimum Gasteiger partial charge on any atom is -1.00 e. The Balaban J connectivity index is 0.00000400. The maximum absolute atomic E-state index is 12.4. The molecule has 11 heteroatoms. The van der Waals surface area contributed by atoms with E-state index in [1.54, 1.807) is 30.3 Å². The highest BCUT2D eigenvalue weighted by Gasteiger charge is 2.20. The molecule has 1 heterocycles. The molecule has 1 N–H and O–H groups in total. The Kier molecular flexibility index (Phi) is 11.6. The summed E-state index contributed by atoms with van der Waals surface area (Å²) in [5.41, 5.74) is 2.35. The molecule has 0 fully saturated rings. The maximum atomic E-state index is 12.4. The van der Waals surface area contributed by atoms with Gasteiger partial charge in [-0.15, -0.1) is 0 Å². The standard InChI is InChI=1S/C27H22Cl5N3O2.ClH/c28-19-3-1-18(2-4-19)16-37-26(22-7-5-20(29)13-23(22)31)15-35-12-11-34(17-35)10-9-27(36)33-25-8-6-21(30)14-24(25)32;/h1-8,11-14,17,26H,9-10,15-16H2;1H. The Labute approximate surface area is 252 Å². The van der Waals surface area contributed by atoms with Crippen molar-refractivity contribution in [3.63, 3.8) is 0 Å². The third kappa shape index (κ3) is 8.78. The van der Waals surface area contributed by atoms with Gasteiger partial charge in [-0.3, -0.25) is 4.79 Å². The van der Waals surface area contributed by atoms with E-state index < -0.39 is 0 Å². The molecule has 0 radical (unpaired) electrons. The lowest BCUT2D eigenvalue weighted by Crippen LogP contribution is -3.00. The first kappa shape index (κ1) is 30.6. The fourth-order valence-electron chi connectivity index (χ4n) is 3.69. The fraction of sp³-hybridized carbons (Fsp3) is 0.185. The van der Waals surface area contributed by atoms with E-state index in [-0.39, 0.29) is 30.8 Å². The Morgan fingerprint density at radius 3 is 2.24 bits per heavy atom. The van der Waals surface area contributed by atoms with E-state index in [1.807, 2.05) is 58.2 Å². The van der Waals surface area contributed by atoms with Crippen LogP contribution in [0, 0.1) is 0 Å². The van der Waals surface area contributed by atoms with Gasteiger partial charge in [-0.2, -0.15) is 0 Å². The number of nitrogens with one attached hydrogen (secondary N) is 1. The van der Waals surface area contributed by atoms with E-state index in [0.29, 0.717) is 50.5 Å². The molecule has 0 saturated heterocycles. The van der Waals surface area contributed by atoms with Crippen LogP contribution < -0.4 is 22.3 Å². The number of aromatic nitrogens is 2. The van der Waals surface area contributed by atoms with Crippen LogP contribution in [0.25, 0.3) is 0 Å². The molecule has 0 saturated carbocycles. The number of nitrogens with zero attached hydrogens (tertiary/aromatic N) is 2. The summed E-state index contributed by atoms with van der Waals surface area (Å²) in [5.74, 6) is -0.151. The van der Waals surface area contributed by atoms with Crippen LogP contribution in [0.1, 0.15) is 23.7 Å². The molecule has 1 unspecified atom stereocenters. The molecule has 4 aromatic rings. The summed E-state index contributed by atoms with van der Waals surface area (Å²) in [6.07, 6.45) is 5.69. The Morgan fingerprint density at radius 2 is 1.55 bits per heavy atom. The van der Waals surface area contributed by atoms with Crippen molar-refractivity contribution in [3.8, 4) is 0 Å². The first-order chi connectivity index (χ1) is 17.8. The number of imidazole rings is 1. The van der Waals surface area contributed by atoms with Crippen LogP contribution in [-0.2, 0) is 29.2 Å². The zero-order valence-electron chi connectivity index (χ0n) is 19.9. The first-order valence-electron chi connectivity index (χ1n) is 11.4. The average Bonchev–Trinajstić information content (AvgIpc) is 3.31. The first-order valence-corrected chi connectivity index (χ1v) is 13.3. The predicted octanol–water partition coefficient (Wildman–Crippen LogP) is 5.03. The molecule has 1 amide bonds. The second kappa shape index (κ2) is 14.4. The lowest BCUT2D eigenvalue weighted by Gasteiger charge is -2.18. The van der Waals surface area contributed by atoms with Gasteiger partial charge < -0.3 is 22.5 Å². The molecular weight excluding hydrogens is 611 g/mol. The number of carbonyl (C=O) groups is 1. The van der Waals surface area contributed by atoms with Crippen molar-refractivity contribution in [2.24, 2.45) is 0 Å². The van der Waals surface area contributed by atoms with Gasteiger partial charge in [0, 0.05) is 25.7 Å². The molecular formula is C27H23Cl6N3O2. The van der Waals surface area contributed by atoms with Crippen LogP contribution in [0.4, 0.5) is 5.69 Å². The van der Waals surface area contributed by atoms with E-state index in [9.17, 15) is 4.79 Å². The normalized spacial score (nSPS) is 11.6. The molecule has 38 heavy (non-hydrogen) atoms. The van der Waals surface area contributed by atoms with Crippen molar-refractivity contribution >= 4 is 69.6 Å². The zero-order valence-corrected chi connectivity index (χ0v) is 24.4. The summed E-state index contributed by atoms with van der Waals surface area (Å²) in [7, 11) is 0. The van der Waals surface area contributed by atoms with Crippen LogP contribution in [0.2, 0.25) is 25.1 Å². The number of rotatable bonds is 10. The monoisotopic (exact) mass is 631 g/mol. The number of halogens is 6. The largest absolute Gasteiger partial charge is 1.00 e. The molecule has 0 aliphatic carbocycles. The van der Waals surface area contributed by atoms with E-state index in [1.165, 1.54) is 0 Å². The van der Waals surface area contributed by atoms with Crippen molar-refractivity contribution in [1.29, 1.82) is 0 Å².